The Bertz CT molecular complexity index is 971. The molecule has 0 atom stereocenters. The van der Waals surface area contributed by atoms with Crippen LogP contribution in [0.15, 0.2) is 40.9 Å². The molecule has 3 aromatic rings. The van der Waals surface area contributed by atoms with Gasteiger partial charge in [0.1, 0.15) is 18.1 Å². The Morgan fingerprint density at radius 3 is 2.93 bits per heavy atom. The van der Waals surface area contributed by atoms with Gasteiger partial charge in [0.15, 0.2) is 5.76 Å². The summed E-state index contributed by atoms with van der Waals surface area (Å²) < 4.78 is 13.2. The van der Waals surface area contributed by atoms with Crippen LogP contribution in [0.1, 0.15) is 45.1 Å². The van der Waals surface area contributed by atoms with E-state index in [1.165, 1.54) is 17.5 Å². The average Bonchev–Trinajstić information content (AvgIpc) is 3.37. The summed E-state index contributed by atoms with van der Waals surface area (Å²) in [5.41, 5.74) is 4.68. The van der Waals surface area contributed by atoms with E-state index in [4.69, 9.17) is 9.15 Å². The van der Waals surface area contributed by atoms with Crippen molar-refractivity contribution >= 4 is 5.91 Å². The first kappa shape index (κ1) is 17.4. The highest BCUT2D eigenvalue weighted by Gasteiger charge is 2.14. The van der Waals surface area contributed by atoms with Crippen molar-refractivity contribution in [1.82, 2.24) is 15.1 Å². The molecule has 0 aliphatic heterocycles. The molecule has 1 aliphatic rings. The van der Waals surface area contributed by atoms with Crippen LogP contribution in [-0.2, 0) is 33.0 Å². The lowest BCUT2D eigenvalue weighted by Gasteiger charge is -2.06. The molecule has 0 spiro atoms. The molecule has 0 radical (unpaired) electrons. The number of nitrogens with zero attached hydrogens (tertiary/aromatic N) is 2. The molecule has 2 aromatic heterocycles. The molecule has 1 amide bonds. The van der Waals surface area contributed by atoms with E-state index in [0.717, 1.165) is 29.8 Å². The fourth-order valence-electron chi connectivity index (χ4n) is 3.45. The number of rotatable bonds is 6. The minimum atomic E-state index is -0.248. The maximum absolute atomic E-state index is 12.3. The van der Waals surface area contributed by atoms with E-state index >= 15 is 0 Å². The van der Waals surface area contributed by atoms with E-state index in [1.54, 1.807) is 16.8 Å². The number of amides is 1. The van der Waals surface area contributed by atoms with Crippen LogP contribution in [-0.4, -0.2) is 15.7 Å². The Morgan fingerprint density at radius 2 is 2.11 bits per heavy atom. The highest BCUT2D eigenvalue weighted by Crippen LogP contribution is 2.26. The van der Waals surface area contributed by atoms with Crippen LogP contribution >= 0.6 is 0 Å². The standard InChI is InChI=1S/C21H23N3O3/c1-14-17(12-24(2)23-14)11-22-21(25)20-9-8-19(27-20)13-26-18-7-6-15-4-3-5-16(15)10-18/h6-10,12H,3-5,11,13H2,1-2H3,(H,22,25). The number of hydrogen-bond acceptors (Lipinski definition) is 4. The number of ether oxygens (including phenoxy) is 1. The van der Waals surface area contributed by atoms with Crippen LogP contribution in [0.3, 0.4) is 0 Å². The van der Waals surface area contributed by atoms with Crippen molar-refractivity contribution in [3.8, 4) is 5.75 Å². The van der Waals surface area contributed by atoms with Gasteiger partial charge in [0.05, 0.1) is 5.69 Å². The van der Waals surface area contributed by atoms with Gasteiger partial charge in [-0.3, -0.25) is 9.48 Å². The second-order valence-corrected chi connectivity index (χ2v) is 6.93. The molecule has 27 heavy (non-hydrogen) atoms. The molecule has 2 heterocycles. The van der Waals surface area contributed by atoms with Gasteiger partial charge < -0.3 is 14.5 Å². The molecule has 0 saturated heterocycles. The summed E-state index contributed by atoms with van der Waals surface area (Å²) in [7, 11) is 1.86. The summed E-state index contributed by atoms with van der Waals surface area (Å²) in [6.45, 7) is 2.64. The van der Waals surface area contributed by atoms with Gasteiger partial charge in [-0.15, -0.1) is 0 Å². The summed E-state index contributed by atoms with van der Waals surface area (Å²) in [6, 6.07) is 9.69. The van der Waals surface area contributed by atoms with Gasteiger partial charge >= 0.3 is 0 Å². The summed E-state index contributed by atoms with van der Waals surface area (Å²) in [5, 5.41) is 7.12. The maximum atomic E-state index is 12.3. The van der Waals surface area contributed by atoms with Crippen LogP contribution in [0.4, 0.5) is 0 Å². The fraction of sp³-hybridized carbons (Fsp3) is 0.333. The minimum Gasteiger partial charge on any atom is -0.486 e. The molecule has 0 bridgehead atoms. The summed E-state index contributed by atoms with van der Waals surface area (Å²) >= 11 is 0. The Hall–Kier alpha value is -3.02. The normalized spacial score (nSPS) is 12.8. The van der Waals surface area contributed by atoms with Crippen molar-refractivity contribution < 1.29 is 13.9 Å². The predicted molar refractivity (Wildman–Crippen MR) is 101 cm³/mol. The molecule has 1 N–H and O–H groups in total. The third-order valence-corrected chi connectivity index (χ3v) is 4.89. The van der Waals surface area contributed by atoms with E-state index in [0.29, 0.717) is 18.9 Å². The second-order valence-electron chi connectivity index (χ2n) is 6.93. The van der Waals surface area contributed by atoms with Crippen LogP contribution in [0, 0.1) is 6.92 Å². The minimum absolute atomic E-state index is 0.248. The first-order valence-corrected chi connectivity index (χ1v) is 9.19. The van der Waals surface area contributed by atoms with Crippen LogP contribution in [0.5, 0.6) is 5.75 Å². The van der Waals surface area contributed by atoms with Gasteiger partial charge in [-0.1, -0.05) is 6.07 Å². The second kappa shape index (κ2) is 7.31. The fourth-order valence-corrected chi connectivity index (χ4v) is 3.45. The number of aromatic nitrogens is 2. The molecule has 1 aromatic carbocycles. The number of benzene rings is 1. The molecule has 140 valence electrons. The van der Waals surface area contributed by atoms with Crippen molar-refractivity contribution in [3.63, 3.8) is 0 Å². The van der Waals surface area contributed by atoms with E-state index in [2.05, 4.69) is 22.5 Å². The number of fused-ring (bicyclic) bond motifs is 1. The Labute approximate surface area is 158 Å². The molecular formula is C21H23N3O3. The van der Waals surface area contributed by atoms with E-state index in [-0.39, 0.29) is 11.7 Å². The summed E-state index contributed by atoms with van der Waals surface area (Å²) in [5.74, 6) is 1.49. The predicted octanol–water partition coefficient (Wildman–Crippen LogP) is 3.32. The third-order valence-electron chi connectivity index (χ3n) is 4.89. The zero-order valence-electron chi connectivity index (χ0n) is 15.6. The van der Waals surface area contributed by atoms with Gasteiger partial charge in [-0.2, -0.15) is 5.10 Å². The number of furan rings is 1. The van der Waals surface area contributed by atoms with E-state index in [1.807, 2.05) is 26.2 Å². The summed E-state index contributed by atoms with van der Waals surface area (Å²) in [4.78, 5) is 12.3. The highest BCUT2D eigenvalue weighted by molar-refractivity contribution is 5.91. The molecule has 1 aliphatic carbocycles. The van der Waals surface area contributed by atoms with Gasteiger partial charge in [-0.25, -0.2) is 0 Å². The lowest BCUT2D eigenvalue weighted by atomic mass is 10.1. The van der Waals surface area contributed by atoms with E-state index < -0.39 is 0 Å². The van der Waals surface area contributed by atoms with Gasteiger partial charge in [0.25, 0.3) is 5.91 Å². The molecule has 0 saturated carbocycles. The van der Waals surface area contributed by atoms with Gasteiger partial charge in [0, 0.05) is 25.4 Å². The first-order valence-electron chi connectivity index (χ1n) is 9.19. The van der Waals surface area contributed by atoms with Crippen LogP contribution < -0.4 is 10.1 Å². The molecule has 0 fully saturated rings. The highest BCUT2D eigenvalue weighted by atomic mass is 16.5. The molecule has 6 nitrogen and oxygen atoms in total. The van der Waals surface area contributed by atoms with Crippen molar-refractivity contribution in [3.05, 3.63) is 70.4 Å². The Morgan fingerprint density at radius 1 is 1.26 bits per heavy atom. The van der Waals surface area contributed by atoms with Crippen LogP contribution in [0.2, 0.25) is 0 Å². The third kappa shape index (κ3) is 3.89. The van der Waals surface area contributed by atoms with Crippen molar-refractivity contribution in [1.29, 1.82) is 0 Å². The van der Waals surface area contributed by atoms with Crippen molar-refractivity contribution in [2.24, 2.45) is 7.05 Å². The number of carbonyl (C=O) groups excluding carboxylic acids is 1. The Kier molecular flexibility index (Phi) is 4.71. The average molecular weight is 365 g/mol. The van der Waals surface area contributed by atoms with Gasteiger partial charge in [0.2, 0.25) is 0 Å². The first-order chi connectivity index (χ1) is 13.1. The summed E-state index contributed by atoms with van der Waals surface area (Å²) in [6.07, 6.45) is 5.39. The lowest BCUT2D eigenvalue weighted by molar-refractivity contribution is 0.0919. The lowest BCUT2D eigenvalue weighted by Crippen LogP contribution is -2.22. The topological polar surface area (TPSA) is 69.3 Å². The van der Waals surface area contributed by atoms with Crippen LogP contribution in [0.25, 0.3) is 0 Å². The Balaban J connectivity index is 1.32. The molecular weight excluding hydrogens is 342 g/mol. The number of hydrogen-bond donors (Lipinski definition) is 1. The SMILES string of the molecule is Cc1nn(C)cc1CNC(=O)c1ccc(COc2ccc3c(c2)CCC3)o1. The maximum Gasteiger partial charge on any atom is 0.287 e. The van der Waals surface area contributed by atoms with Crippen molar-refractivity contribution in [2.45, 2.75) is 39.3 Å². The number of carbonyl (C=O) groups is 1. The van der Waals surface area contributed by atoms with Crippen molar-refractivity contribution in [2.75, 3.05) is 0 Å². The zero-order chi connectivity index (χ0) is 18.8. The zero-order valence-corrected chi connectivity index (χ0v) is 15.6. The molecule has 4 rings (SSSR count). The largest absolute Gasteiger partial charge is 0.486 e. The van der Waals surface area contributed by atoms with E-state index in [9.17, 15) is 4.79 Å². The smallest absolute Gasteiger partial charge is 0.287 e. The molecule has 0 unspecified atom stereocenters. The monoisotopic (exact) mass is 365 g/mol. The number of aryl methyl sites for hydroxylation is 4. The van der Waals surface area contributed by atoms with Gasteiger partial charge in [-0.05, 0) is 61.6 Å². The molecule has 6 heteroatoms. The quantitative estimate of drug-likeness (QED) is 0.728. The number of nitrogens with one attached hydrogen (secondary N) is 1.